The van der Waals surface area contributed by atoms with Gasteiger partial charge in [0.2, 0.25) is 0 Å². The van der Waals surface area contributed by atoms with E-state index in [4.69, 9.17) is 4.55 Å². The Hall–Kier alpha value is -0.570. The standard InChI is InChI=1S/C6H10O3S/c1-2-3-4-5-6-10(7,8)9/h4,6H,2-3H2,1H3,(H,7,8,9). The maximum absolute atomic E-state index is 10.0. The third kappa shape index (κ3) is 7.43. The Morgan fingerprint density at radius 3 is 2.60 bits per heavy atom. The first kappa shape index (κ1) is 9.43. The van der Waals surface area contributed by atoms with Crippen LogP contribution in [0.15, 0.2) is 17.2 Å². The Kier molecular flexibility index (Phi) is 4.03. The molecule has 0 saturated carbocycles. The minimum absolute atomic E-state index is 0.642. The average molecular weight is 162 g/mol. The van der Waals surface area contributed by atoms with E-state index in [-0.39, 0.29) is 0 Å². The van der Waals surface area contributed by atoms with E-state index in [1.54, 1.807) is 6.08 Å². The van der Waals surface area contributed by atoms with E-state index in [2.05, 4.69) is 5.73 Å². The Labute approximate surface area is 60.8 Å². The molecule has 0 bridgehead atoms. The molecule has 0 saturated heterocycles. The first-order valence-electron chi connectivity index (χ1n) is 2.94. The lowest BCUT2D eigenvalue weighted by Gasteiger charge is -1.78. The van der Waals surface area contributed by atoms with Crippen molar-refractivity contribution in [2.45, 2.75) is 19.8 Å². The van der Waals surface area contributed by atoms with Crippen LogP contribution in [0.25, 0.3) is 0 Å². The molecule has 0 fully saturated rings. The van der Waals surface area contributed by atoms with Crippen molar-refractivity contribution < 1.29 is 13.0 Å². The number of hydrogen-bond donors (Lipinski definition) is 1. The molecule has 0 atom stereocenters. The van der Waals surface area contributed by atoms with Crippen molar-refractivity contribution in [3.63, 3.8) is 0 Å². The zero-order valence-corrected chi connectivity index (χ0v) is 6.56. The summed E-state index contributed by atoms with van der Waals surface area (Å²) in [7, 11) is -3.97. The molecule has 0 unspecified atom stereocenters. The van der Waals surface area contributed by atoms with Gasteiger partial charge in [0.05, 0.1) is 5.41 Å². The monoisotopic (exact) mass is 162 g/mol. The largest absolute Gasteiger partial charge is 0.294 e. The predicted octanol–water partition coefficient (Wildman–Crippen LogP) is 1.34. The lowest BCUT2D eigenvalue weighted by Crippen LogP contribution is -1.87. The molecule has 1 N–H and O–H groups in total. The highest BCUT2D eigenvalue weighted by Crippen LogP contribution is 1.87. The zero-order valence-electron chi connectivity index (χ0n) is 5.74. The zero-order chi connectivity index (χ0) is 8.04. The molecule has 0 rings (SSSR count). The van der Waals surface area contributed by atoms with E-state index in [1.165, 1.54) is 0 Å². The van der Waals surface area contributed by atoms with Crippen LogP contribution >= 0.6 is 0 Å². The van der Waals surface area contributed by atoms with Gasteiger partial charge in [0.15, 0.2) is 0 Å². The summed E-state index contributed by atoms with van der Waals surface area (Å²) in [5.41, 5.74) is 2.34. The maximum Gasteiger partial charge on any atom is 0.294 e. The second-order valence-electron chi connectivity index (χ2n) is 1.79. The fraction of sp³-hybridized carbons (Fsp3) is 0.500. The van der Waals surface area contributed by atoms with E-state index < -0.39 is 10.1 Å². The summed E-state index contributed by atoms with van der Waals surface area (Å²) in [5.74, 6) is 0. The van der Waals surface area contributed by atoms with Crippen molar-refractivity contribution in [1.82, 2.24) is 0 Å². The first-order valence-corrected chi connectivity index (χ1v) is 4.45. The van der Waals surface area contributed by atoms with Gasteiger partial charge in [-0.2, -0.15) is 8.42 Å². The van der Waals surface area contributed by atoms with E-state index >= 15 is 0 Å². The molecule has 3 nitrogen and oxygen atoms in total. The van der Waals surface area contributed by atoms with Gasteiger partial charge in [0, 0.05) is 0 Å². The lowest BCUT2D eigenvalue weighted by atomic mass is 10.3. The van der Waals surface area contributed by atoms with Crippen molar-refractivity contribution in [1.29, 1.82) is 0 Å². The molecule has 0 aromatic heterocycles. The summed E-state index contributed by atoms with van der Waals surface area (Å²) in [6.07, 6.45) is 3.27. The SMILES string of the molecule is CCCC=C=CS(=O)(=O)O. The van der Waals surface area contributed by atoms with Gasteiger partial charge in [-0.3, -0.25) is 4.55 Å². The van der Waals surface area contributed by atoms with Crippen LogP contribution in [0.5, 0.6) is 0 Å². The highest BCUT2D eigenvalue weighted by molar-refractivity contribution is 7.88. The molecular weight excluding hydrogens is 152 g/mol. The quantitative estimate of drug-likeness (QED) is 0.503. The minimum Gasteiger partial charge on any atom is -0.282 e. The smallest absolute Gasteiger partial charge is 0.282 e. The Morgan fingerprint density at radius 1 is 1.60 bits per heavy atom. The molecule has 58 valence electrons. The third-order valence-corrected chi connectivity index (χ3v) is 1.20. The normalized spacial score (nSPS) is 10.2. The lowest BCUT2D eigenvalue weighted by molar-refractivity contribution is 0.494. The number of rotatable bonds is 3. The molecule has 0 aliphatic rings. The number of hydrogen-bond acceptors (Lipinski definition) is 2. The van der Waals surface area contributed by atoms with Crippen LogP contribution in [0.2, 0.25) is 0 Å². The molecule has 0 heterocycles. The van der Waals surface area contributed by atoms with Crippen LogP contribution < -0.4 is 0 Å². The molecule has 0 aliphatic carbocycles. The van der Waals surface area contributed by atoms with Crippen molar-refractivity contribution in [2.75, 3.05) is 0 Å². The summed E-state index contributed by atoms with van der Waals surface area (Å²) in [4.78, 5) is 0. The molecule has 4 heteroatoms. The fourth-order valence-corrected chi connectivity index (χ4v) is 0.630. The molecule has 0 aromatic carbocycles. The van der Waals surface area contributed by atoms with Crippen LogP contribution in [0.1, 0.15) is 19.8 Å². The molecule has 0 radical (unpaired) electrons. The topological polar surface area (TPSA) is 54.4 Å². The summed E-state index contributed by atoms with van der Waals surface area (Å²) in [6, 6.07) is 0. The van der Waals surface area contributed by atoms with E-state index in [0.29, 0.717) is 5.41 Å². The number of allylic oxidation sites excluding steroid dienone is 1. The van der Waals surface area contributed by atoms with Crippen molar-refractivity contribution in [3.05, 3.63) is 17.2 Å². The van der Waals surface area contributed by atoms with Gasteiger partial charge >= 0.3 is 0 Å². The van der Waals surface area contributed by atoms with Gasteiger partial charge in [0.1, 0.15) is 0 Å². The molecule has 0 spiro atoms. The predicted molar refractivity (Wildman–Crippen MR) is 39.1 cm³/mol. The van der Waals surface area contributed by atoms with Crippen LogP contribution in [-0.2, 0) is 10.1 Å². The van der Waals surface area contributed by atoms with E-state index in [0.717, 1.165) is 12.8 Å². The van der Waals surface area contributed by atoms with Crippen LogP contribution in [0.3, 0.4) is 0 Å². The van der Waals surface area contributed by atoms with Gasteiger partial charge in [-0.05, 0) is 12.5 Å². The Bertz CT molecular complexity index is 232. The average Bonchev–Trinajstić information content (AvgIpc) is 1.78. The summed E-state index contributed by atoms with van der Waals surface area (Å²) < 4.78 is 28.2. The van der Waals surface area contributed by atoms with E-state index in [9.17, 15) is 8.42 Å². The van der Waals surface area contributed by atoms with Crippen LogP contribution in [0.4, 0.5) is 0 Å². The molecule has 0 aromatic rings. The van der Waals surface area contributed by atoms with Crippen LogP contribution in [0, 0.1) is 0 Å². The maximum atomic E-state index is 10.0. The third-order valence-electron chi connectivity index (χ3n) is 0.768. The summed E-state index contributed by atoms with van der Waals surface area (Å²) >= 11 is 0. The summed E-state index contributed by atoms with van der Waals surface area (Å²) in [6.45, 7) is 1.96. The van der Waals surface area contributed by atoms with Crippen molar-refractivity contribution in [3.8, 4) is 0 Å². The Balaban J connectivity index is 4.00. The van der Waals surface area contributed by atoms with Crippen molar-refractivity contribution in [2.24, 2.45) is 0 Å². The second kappa shape index (κ2) is 4.28. The highest BCUT2D eigenvalue weighted by Gasteiger charge is 1.91. The molecule has 0 amide bonds. The van der Waals surface area contributed by atoms with E-state index in [1.807, 2.05) is 6.92 Å². The fourth-order valence-electron chi connectivity index (χ4n) is 0.362. The number of unbranched alkanes of at least 4 members (excludes halogenated alkanes) is 1. The van der Waals surface area contributed by atoms with Gasteiger partial charge in [-0.25, -0.2) is 0 Å². The highest BCUT2D eigenvalue weighted by atomic mass is 32.2. The Morgan fingerprint density at radius 2 is 2.20 bits per heavy atom. The molecular formula is C6H10O3S. The van der Waals surface area contributed by atoms with Gasteiger partial charge in [-0.15, -0.1) is 5.73 Å². The van der Waals surface area contributed by atoms with Crippen LogP contribution in [-0.4, -0.2) is 13.0 Å². The first-order chi connectivity index (χ1) is 4.56. The van der Waals surface area contributed by atoms with Gasteiger partial charge in [0.25, 0.3) is 10.1 Å². The molecule has 0 aliphatic heterocycles. The summed E-state index contributed by atoms with van der Waals surface area (Å²) in [5, 5.41) is 0.642. The second-order valence-corrected chi connectivity index (χ2v) is 3.06. The van der Waals surface area contributed by atoms with Gasteiger partial charge < -0.3 is 0 Å². The van der Waals surface area contributed by atoms with Gasteiger partial charge in [-0.1, -0.05) is 13.3 Å². The van der Waals surface area contributed by atoms with Crippen molar-refractivity contribution >= 4 is 10.1 Å². The molecule has 10 heavy (non-hydrogen) atoms. The minimum atomic E-state index is -3.97.